The maximum Gasteiger partial charge on any atom is 0.261 e. The molecule has 0 heterocycles. The highest BCUT2D eigenvalue weighted by Gasteiger charge is 2.24. The summed E-state index contributed by atoms with van der Waals surface area (Å²) in [5.41, 5.74) is 1.42. The molecule has 0 saturated carbocycles. The molecule has 51 heavy (non-hydrogen) atoms. The molecule has 0 saturated heterocycles. The van der Waals surface area contributed by atoms with E-state index in [4.69, 9.17) is 0 Å². The largest absolute Gasteiger partial charge is 0.371 e. The summed E-state index contributed by atoms with van der Waals surface area (Å²) in [5.74, 6) is -0.572. The van der Waals surface area contributed by atoms with Crippen molar-refractivity contribution in [2.24, 2.45) is 5.41 Å². The molecular formula is C43H71N3O4S. The second-order valence-corrected chi connectivity index (χ2v) is 17.1. The van der Waals surface area contributed by atoms with Gasteiger partial charge in [0, 0.05) is 29.9 Å². The quantitative estimate of drug-likeness (QED) is 0.0643. The molecule has 2 aromatic rings. The van der Waals surface area contributed by atoms with E-state index in [1.807, 2.05) is 12.1 Å². The van der Waals surface area contributed by atoms with Crippen LogP contribution in [0.25, 0.3) is 0 Å². The topological polar surface area (TPSA) is 95.6 Å². The summed E-state index contributed by atoms with van der Waals surface area (Å²) >= 11 is 0. The molecule has 0 unspecified atom stereocenters. The Bertz CT molecular complexity index is 1330. The normalized spacial score (nSPS) is 11.8. The van der Waals surface area contributed by atoms with Gasteiger partial charge in [0.1, 0.15) is 5.78 Å². The Kier molecular flexibility index (Phi) is 21.9. The lowest BCUT2D eigenvalue weighted by Gasteiger charge is -2.26. The molecule has 0 aliphatic rings. The standard InChI is InChI=1S/C43H71N3O4S/c1-6-8-10-12-14-16-18-20-22-24-33-46(34-25-23-21-19-17-15-13-11-9-7-2)39-28-26-27-38(35-39)45-51(49,50)40-31-29-37(30-32-40)44-42(48)36-41(47)43(3,4)5/h26-32,35,45H,6-25,33-34,36H2,1-5H3,(H,44,48). The second kappa shape index (κ2) is 25.2. The van der Waals surface area contributed by atoms with Gasteiger partial charge in [0.05, 0.1) is 17.0 Å². The molecule has 0 aliphatic heterocycles. The number of rotatable bonds is 29. The van der Waals surface area contributed by atoms with Crippen LogP contribution in [0.3, 0.4) is 0 Å². The smallest absolute Gasteiger partial charge is 0.261 e. The van der Waals surface area contributed by atoms with E-state index >= 15 is 0 Å². The highest BCUT2D eigenvalue weighted by Crippen LogP contribution is 2.25. The average molecular weight is 726 g/mol. The summed E-state index contributed by atoms with van der Waals surface area (Å²) in [6.07, 6.45) is 25.8. The van der Waals surface area contributed by atoms with E-state index in [9.17, 15) is 18.0 Å². The first kappa shape index (κ1) is 44.3. The van der Waals surface area contributed by atoms with E-state index in [0.717, 1.165) is 31.6 Å². The minimum Gasteiger partial charge on any atom is -0.371 e. The van der Waals surface area contributed by atoms with Gasteiger partial charge in [0.15, 0.2) is 0 Å². The molecule has 8 heteroatoms. The van der Waals surface area contributed by atoms with E-state index in [1.54, 1.807) is 39.0 Å². The molecule has 2 aromatic carbocycles. The Morgan fingerprint density at radius 1 is 0.608 bits per heavy atom. The molecule has 0 aliphatic carbocycles. The Morgan fingerprint density at radius 2 is 1.06 bits per heavy atom. The molecule has 0 bridgehead atoms. The number of Topliss-reactive ketones (excluding diaryl/α,β-unsaturated/α-hetero) is 1. The third-order valence-electron chi connectivity index (χ3n) is 9.63. The van der Waals surface area contributed by atoms with Crippen molar-refractivity contribution in [2.45, 2.75) is 174 Å². The lowest BCUT2D eigenvalue weighted by molar-refractivity contribution is -0.130. The number of hydrogen-bond donors (Lipinski definition) is 2. The van der Waals surface area contributed by atoms with Crippen LogP contribution in [0.1, 0.15) is 169 Å². The van der Waals surface area contributed by atoms with Gasteiger partial charge in [-0.05, 0) is 55.3 Å². The van der Waals surface area contributed by atoms with E-state index in [2.05, 4.69) is 34.9 Å². The van der Waals surface area contributed by atoms with Gasteiger partial charge in [-0.3, -0.25) is 14.3 Å². The summed E-state index contributed by atoms with van der Waals surface area (Å²) in [4.78, 5) is 27.1. The number of anilines is 3. The van der Waals surface area contributed by atoms with Gasteiger partial charge in [-0.1, -0.05) is 156 Å². The third-order valence-corrected chi connectivity index (χ3v) is 11.0. The van der Waals surface area contributed by atoms with Crippen molar-refractivity contribution in [1.29, 1.82) is 0 Å². The van der Waals surface area contributed by atoms with Crippen molar-refractivity contribution >= 4 is 38.8 Å². The number of carbonyl (C=O) groups is 2. The molecule has 0 atom stereocenters. The Labute approximate surface area is 312 Å². The van der Waals surface area contributed by atoms with Crippen LogP contribution in [0.4, 0.5) is 17.1 Å². The molecule has 2 N–H and O–H groups in total. The van der Waals surface area contributed by atoms with Gasteiger partial charge in [0.2, 0.25) is 5.91 Å². The number of unbranched alkanes of at least 4 members (excludes halogenated alkanes) is 18. The van der Waals surface area contributed by atoms with Crippen LogP contribution in [0.2, 0.25) is 0 Å². The number of hydrogen-bond acceptors (Lipinski definition) is 5. The molecule has 0 aromatic heterocycles. The van der Waals surface area contributed by atoms with Crippen LogP contribution in [0.5, 0.6) is 0 Å². The highest BCUT2D eigenvalue weighted by atomic mass is 32.2. The van der Waals surface area contributed by atoms with Crippen molar-refractivity contribution in [3.05, 3.63) is 48.5 Å². The third kappa shape index (κ3) is 19.5. The van der Waals surface area contributed by atoms with Gasteiger partial charge in [-0.2, -0.15) is 0 Å². The zero-order chi connectivity index (χ0) is 37.4. The summed E-state index contributed by atoms with van der Waals surface area (Å²) in [6.45, 7) is 11.8. The van der Waals surface area contributed by atoms with Crippen molar-refractivity contribution in [2.75, 3.05) is 28.0 Å². The lowest BCUT2D eigenvalue weighted by atomic mass is 9.89. The van der Waals surface area contributed by atoms with Crippen LogP contribution < -0.4 is 14.9 Å². The Morgan fingerprint density at radius 3 is 1.51 bits per heavy atom. The molecule has 0 fully saturated rings. The number of nitrogens with zero attached hydrogens (tertiary/aromatic N) is 1. The van der Waals surface area contributed by atoms with Crippen molar-refractivity contribution in [1.82, 2.24) is 0 Å². The minimum atomic E-state index is -3.85. The maximum absolute atomic E-state index is 13.4. The maximum atomic E-state index is 13.4. The van der Waals surface area contributed by atoms with E-state index in [-0.39, 0.29) is 17.1 Å². The zero-order valence-electron chi connectivity index (χ0n) is 32.9. The fourth-order valence-corrected chi connectivity index (χ4v) is 7.31. The SMILES string of the molecule is CCCCCCCCCCCCN(CCCCCCCCCCCC)c1cccc(NS(=O)(=O)c2ccc(NC(=O)CC(=O)C(C)(C)C)cc2)c1. The zero-order valence-corrected chi connectivity index (χ0v) is 33.7. The fourth-order valence-electron chi connectivity index (χ4n) is 6.26. The lowest BCUT2D eigenvalue weighted by Crippen LogP contribution is -2.26. The Balaban J connectivity index is 1.97. The van der Waals surface area contributed by atoms with Crippen LogP contribution in [-0.4, -0.2) is 33.2 Å². The summed E-state index contributed by atoms with van der Waals surface area (Å²) in [5, 5.41) is 2.69. The number of nitrogens with one attached hydrogen (secondary N) is 2. The van der Waals surface area contributed by atoms with Crippen molar-refractivity contribution in [3.63, 3.8) is 0 Å². The van der Waals surface area contributed by atoms with Crippen LogP contribution in [0.15, 0.2) is 53.4 Å². The van der Waals surface area contributed by atoms with E-state index in [1.165, 1.54) is 128 Å². The first-order valence-electron chi connectivity index (χ1n) is 20.3. The summed E-state index contributed by atoms with van der Waals surface area (Å²) in [6, 6.07) is 13.8. The molecule has 0 spiro atoms. The fraction of sp³-hybridized carbons (Fsp3) is 0.674. The van der Waals surface area contributed by atoms with Crippen LogP contribution >= 0.6 is 0 Å². The monoisotopic (exact) mass is 726 g/mol. The summed E-state index contributed by atoms with van der Waals surface area (Å²) in [7, 11) is -3.85. The molecule has 1 amide bonds. The first-order chi connectivity index (χ1) is 24.5. The number of sulfonamides is 1. The van der Waals surface area contributed by atoms with Gasteiger partial charge in [-0.15, -0.1) is 0 Å². The van der Waals surface area contributed by atoms with E-state index in [0.29, 0.717) is 11.4 Å². The van der Waals surface area contributed by atoms with Crippen LogP contribution in [-0.2, 0) is 19.6 Å². The number of carbonyl (C=O) groups excluding carboxylic acids is 2. The molecule has 0 radical (unpaired) electrons. The van der Waals surface area contributed by atoms with Gasteiger partial charge >= 0.3 is 0 Å². The second-order valence-electron chi connectivity index (χ2n) is 15.4. The molecule has 2 rings (SSSR count). The highest BCUT2D eigenvalue weighted by molar-refractivity contribution is 7.92. The Hall–Kier alpha value is -2.87. The average Bonchev–Trinajstić information content (AvgIpc) is 3.08. The number of benzene rings is 2. The molecular weight excluding hydrogens is 655 g/mol. The predicted octanol–water partition coefficient (Wildman–Crippen LogP) is 12.1. The first-order valence-corrected chi connectivity index (χ1v) is 21.8. The van der Waals surface area contributed by atoms with Gasteiger partial charge in [-0.25, -0.2) is 8.42 Å². The number of ketones is 1. The van der Waals surface area contributed by atoms with E-state index < -0.39 is 21.3 Å². The predicted molar refractivity (Wildman–Crippen MR) is 217 cm³/mol. The van der Waals surface area contributed by atoms with Gasteiger partial charge in [0.25, 0.3) is 10.0 Å². The number of amides is 1. The van der Waals surface area contributed by atoms with Crippen LogP contribution in [0, 0.1) is 5.41 Å². The van der Waals surface area contributed by atoms with Gasteiger partial charge < -0.3 is 10.2 Å². The minimum absolute atomic E-state index is 0.101. The molecule has 288 valence electrons. The van der Waals surface area contributed by atoms with Crippen molar-refractivity contribution in [3.8, 4) is 0 Å². The van der Waals surface area contributed by atoms with Crippen molar-refractivity contribution < 1.29 is 18.0 Å². The summed E-state index contributed by atoms with van der Waals surface area (Å²) < 4.78 is 29.5. The molecule has 7 nitrogen and oxygen atoms in total.